The number of hydrogen-bond acceptors (Lipinski definition) is 4. The summed E-state index contributed by atoms with van der Waals surface area (Å²) in [5.41, 5.74) is 1.15. The summed E-state index contributed by atoms with van der Waals surface area (Å²) < 4.78 is 11.6. The zero-order chi connectivity index (χ0) is 18.4. The molecule has 5 nitrogen and oxygen atoms in total. The first-order valence-corrected chi connectivity index (χ1v) is 9.06. The summed E-state index contributed by atoms with van der Waals surface area (Å²) in [5, 5.41) is 3.66. The minimum atomic E-state index is -0.0863. The molecular formula is C20H23ClN2O3. The fraction of sp³-hybridized carbons (Fsp3) is 0.350. The zero-order valence-corrected chi connectivity index (χ0v) is 15.5. The molecule has 0 fully saturated rings. The molecule has 1 heterocycles. The first-order chi connectivity index (χ1) is 12.6. The van der Waals surface area contributed by atoms with Gasteiger partial charge in [-0.3, -0.25) is 9.69 Å². The molecule has 0 saturated carbocycles. The van der Waals surface area contributed by atoms with E-state index in [1.165, 1.54) is 0 Å². The van der Waals surface area contributed by atoms with Gasteiger partial charge in [-0.1, -0.05) is 35.9 Å². The Bertz CT molecular complexity index is 736. The van der Waals surface area contributed by atoms with Crippen molar-refractivity contribution >= 4 is 17.5 Å². The molecule has 1 amide bonds. The van der Waals surface area contributed by atoms with E-state index in [1.54, 1.807) is 0 Å². The number of nitrogens with zero attached hydrogens (tertiary/aromatic N) is 1. The van der Waals surface area contributed by atoms with E-state index in [-0.39, 0.29) is 12.0 Å². The first kappa shape index (κ1) is 18.5. The van der Waals surface area contributed by atoms with Crippen LogP contribution in [0.2, 0.25) is 5.02 Å². The predicted molar refractivity (Wildman–Crippen MR) is 102 cm³/mol. The molecule has 0 saturated heterocycles. The summed E-state index contributed by atoms with van der Waals surface area (Å²) in [6, 6.07) is 15.3. The average molecular weight is 375 g/mol. The molecule has 1 aliphatic heterocycles. The molecular weight excluding hydrogens is 352 g/mol. The van der Waals surface area contributed by atoms with Crippen molar-refractivity contribution in [2.75, 3.05) is 33.3 Å². The van der Waals surface area contributed by atoms with E-state index < -0.39 is 0 Å². The lowest BCUT2D eigenvalue weighted by molar-refractivity contribution is -0.122. The third-order valence-electron chi connectivity index (χ3n) is 4.15. The Balaban J connectivity index is 1.37. The number of nitrogens with one attached hydrogen (secondary N) is 1. The largest absolute Gasteiger partial charge is 0.486 e. The summed E-state index contributed by atoms with van der Waals surface area (Å²) >= 11 is 5.87. The average Bonchev–Trinajstić information content (AvgIpc) is 2.63. The van der Waals surface area contributed by atoms with E-state index >= 15 is 0 Å². The van der Waals surface area contributed by atoms with Crippen molar-refractivity contribution in [1.29, 1.82) is 0 Å². The highest BCUT2D eigenvalue weighted by Gasteiger charge is 2.22. The summed E-state index contributed by atoms with van der Waals surface area (Å²) in [5.74, 6) is 1.52. The standard InChI is InChI=1S/C20H23ClN2O3/c1-23(12-17-14-25-18-4-2-3-5-19(18)26-17)13-20(24)22-11-10-15-6-8-16(21)9-7-15/h2-9,17H,10-14H2,1H3,(H,22,24)/t17-/m1/s1. The van der Waals surface area contributed by atoms with Crippen LogP contribution in [-0.4, -0.2) is 50.2 Å². The molecule has 1 N–H and O–H groups in total. The Morgan fingerprint density at radius 2 is 1.92 bits per heavy atom. The number of halogens is 1. The Hall–Kier alpha value is -2.24. The van der Waals surface area contributed by atoms with Gasteiger partial charge in [0, 0.05) is 18.1 Å². The summed E-state index contributed by atoms with van der Waals surface area (Å²) in [6.45, 7) is 2.03. The highest BCUT2D eigenvalue weighted by atomic mass is 35.5. The lowest BCUT2D eigenvalue weighted by Crippen LogP contribution is -2.43. The number of likely N-dealkylation sites (N-methyl/N-ethyl adjacent to an activating group) is 1. The Morgan fingerprint density at radius 1 is 1.19 bits per heavy atom. The molecule has 2 aromatic carbocycles. The van der Waals surface area contributed by atoms with E-state index in [9.17, 15) is 4.79 Å². The van der Waals surface area contributed by atoms with Gasteiger partial charge in [0.25, 0.3) is 0 Å². The van der Waals surface area contributed by atoms with Crippen LogP contribution in [0.4, 0.5) is 0 Å². The van der Waals surface area contributed by atoms with Gasteiger partial charge in [-0.05, 0) is 43.3 Å². The first-order valence-electron chi connectivity index (χ1n) is 8.68. The van der Waals surface area contributed by atoms with E-state index in [4.69, 9.17) is 21.1 Å². The predicted octanol–water partition coefficient (Wildman–Crippen LogP) is 2.77. The maximum absolute atomic E-state index is 12.1. The van der Waals surface area contributed by atoms with Crippen LogP contribution in [0, 0.1) is 0 Å². The third-order valence-corrected chi connectivity index (χ3v) is 4.40. The topological polar surface area (TPSA) is 50.8 Å². The van der Waals surface area contributed by atoms with Crippen molar-refractivity contribution in [3.05, 3.63) is 59.1 Å². The van der Waals surface area contributed by atoms with E-state index in [0.29, 0.717) is 26.2 Å². The van der Waals surface area contributed by atoms with Crippen LogP contribution < -0.4 is 14.8 Å². The second-order valence-electron chi connectivity index (χ2n) is 6.42. The van der Waals surface area contributed by atoms with Gasteiger partial charge < -0.3 is 14.8 Å². The monoisotopic (exact) mass is 374 g/mol. The highest BCUT2D eigenvalue weighted by molar-refractivity contribution is 6.30. The molecule has 0 radical (unpaired) electrons. The van der Waals surface area contributed by atoms with Crippen LogP contribution in [0.1, 0.15) is 5.56 Å². The van der Waals surface area contributed by atoms with Gasteiger partial charge in [0.1, 0.15) is 12.7 Å². The zero-order valence-electron chi connectivity index (χ0n) is 14.8. The molecule has 0 unspecified atom stereocenters. The second kappa shape index (κ2) is 8.92. The second-order valence-corrected chi connectivity index (χ2v) is 6.86. The van der Waals surface area contributed by atoms with Gasteiger partial charge in [0.05, 0.1) is 6.54 Å². The van der Waals surface area contributed by atoms with Gasteiger partial charge >= 0.3 is 0 Å². The molecule has 6 heteroatoms. The minimum Gasteiger partial charge on any atom is -0.486 e. The molecule has 1 atom stereocenters. The maximum Gasteiger partial charge on any atom is 0.234 e. The van der Waals surface area contributed by atoms with E-state index in [1.807, 2.05) is 60.5 Å². The summed E-state index contributed by atoms with van der Waals surface area (Å²) in [7, 11) is 1.91. The molecule has 2 aromatic rings. The molecule has 0 aliphatic carbocycles. The SMILES string of the molecule is CN(CC(=O)NCCc1ccc(Cl)cc1)C[C@@H]1COc2ccccc2O1. The molecule has 3 rings (SSSR count). The van der Waals surface area contributed by atoms with Crippen molar-refractivity contribution in [2.45, 2.75) is 12.5 Å². The Kier molecular flexibility index (Phi) is 6.36. The maximum atomic E-state index is 12.1. The number of benzene rings is 2. The number of rotatable bonds is 7. The lowest BCUT2D eigenvalue weighted by atomic mass is 10.1. The van der Waals surface area contributed by atoms with Crippen LogP contribution in [-0.2, 0) is 11.2 Å². The smallest absolute Gasteiger partial charge is 0.234 e. The Labute approximate surface area is 158 Å². The number of carbonyl (C=O) groups is 1. The number of ether oxygens (including phenoxy) is 2. The molecule has 0 aromatic heterocycles. The molecule has 0 bridgehead atoms. The molecule has 26 heavy (non-hydrogen) atoms. The summed E-state index contributed by atoms with van der Waals surface area (Å²) in [6.07, 6.45) is 0.694. The molecule has 138 valence electrons. The fourth-order valence-corrected chi connectivity index (χ4v) is 2.99. The minimum absolute atomic E-state index is 0.00130. The van der Waals surface area contributed by atoms with Gasteiger partial charge in [-0.15, -0.1) is 0 Å². The normalized spacial score (nSPS) is 15.7. The fourth-order valence-electron chi connectivity index (χ4n) is 2.86. The summed E-state index contributed by atoms with van der Waals surface area (Å²) in [4.78, 5) is 14.0. The van der Waals surface area contributed by atoms with Crippen LogP contribution in [0.15, 0.2) is 48.5 Å². The van der Waals surface area contributed by atoms with Crippen LogP contribution in [0.3, 0.4) is 0 Å². The highest BCUT2D eigenvalue weighted by Crippen LogP contribution is 2.30. The number of para-hydroxylation sites is 2. The van der Waals surface area contributed by atoms with E-state index in [0.717, 1.165) is 28.5 Å². The van der Waals surface area contributed by atoms with Crippen molar-refractivity contribution in [1.82, 2.24) is 10.2 Å². The number of amides is 1. The third kappa shape index (κ3) is 5.38. The van der Waals surface area contributed by atoms with Crippen LogP contribution in [0.5, 0.6) is 11.5 Å². The number of hydrogen-bond donors (Lipinski definition) is 1. The lowest BCUT2D eigenvalue weighted by Gasteiger charge is -2.29. The van der Waals surface area contributed by atoms with Gasteiger partial charge in [-0.2, -0.15) is 0 Å². The Morgan fingerprint density at radius 3 is 2.69 bits per heavy atom. The molecule has 1 aliphatic rings. The quantitative estimate of drug-likeness (QED) is 0.809. The number of fused-ring (bicyclic) bond motifs is 1. The number of carbonyl (C=O) groups excluding carboxylic acids is 1. The van der Waals surface area contributed by atoms with Crippen LogP contribution in [0.25, 0.3) is 0 Å². The molecule has 0 spiro atoms. The van der Waals surface area contributed by atoms with Gasteiger partial charge in [0.15, 0.2) is 11.5 Å². The van der Waals surface area contributed by atoms with E-state index in [2.05, 4.69) is 5.32 Å². The van der Waals surface area contributed by atoms with Crippen molar-refractivity contribution in [3.8, 4) is 11.5 Å². The van der Waals surface area contributed by atoms with Crippen molar-refractivity contribution < 1.29 is 14.3 Å². The van der Waals surface area contributed by atoms with Gasteiger partial charge in [0.2, 0.25) is 5.91 Å². The van der Waals surface area contributed by atoms with Crippen molar-refractivity contribution in [3.63, 3.8) is 0 Å². The van der Waals surface area contributed by atoms with Crippen molar-refractivity contribution in [2.24, 2.45) is 0 Å². The van der Waals surface area contributed by atoms with Gasteiger partial charge in [-0.25, -0.2) is 0 Å². The van der Waals surface area contributed by atoms with Crippen LogP contribution >= 0.6 is 11.6 Å².